The van der Waals surface area contributed by atoms with Gasteiger partial charge in [-0.3, -0.25) is 14.9 Å². The van der Waals surface area contributed by atoms with Crippen molar-refractivity contribution in [3.63, 3.8) is 0 Å². The number of rotatable bonds is 8. The number of aromatic nitrogens is 2. The van der Waals surface area contributed by atoms with Crippen molar-refractivity contribution in [1.29, 1.82) is 0 Å². The molecule has 0 aliphatic rings. The molecule has 0 spiro atoms. The minimum Gasteiger partial charge on any atom is -0.461 e. The van der Waals surface area contributed by atoms with E-state index in [1.54, 1.807) is 38.6 Å². The monoisotopic (exact) mass is 416 g/mol. The van der Waals surface area contributed by atoms with Gasteiger partial charge >= 0.3 is 12.1 Å². The maximum absolute atomic E-state index is 12.7. The third-order valence-corrected chi connectivity index (χ3v) is 3.94. The Morgan fingerprint density at radius 1 is 1.17 bits per heavy atom. The van der Waals surface area contributed by atoms with Crippen molar-refractivity contribution >= 4 is 23.9 Å². The molecule has 162 valence electrons. The van der Waals surface area contributed by atoms with Crippen LogP contribution in [-0.2, 0) is 32.7 Å². The van der Waals surface area contributed by atoms with Gasteiger partial charge in [0.25, 0.3) is 0 Å². The molecule has 2 rings (SSSR count). The third-order valence-electron chi connectivity index (χ3n) is 3.94. The fourth-order valence-corrected chi connectivity index (χ4v) is 2.47. The van der Waals surface area contributed by atoms with Crippen molar-refractivity contribution in [3.8, 4) is 0 Å². The molecule has 9 heteroatoms. The fourth-order valence-electron chi connectivity index (χ4n) is 2.47. The molecule has 2 aromatic rings. The molecular formula is C21H28N4O5. The number of nitrogens with one attached hydrogen (secondary N) is 2. The van der Waals surface area contributed by atoms with Crippen LogP contribution in [0.2, 0.25) is 0 Å². The van der Waals surface area contributed by atoms with Crippen LogP contribution >= 0.6 is 0 Å². The summed E-state index contributed by atoms with van der Waals surface area (Å²) in [5.41, 5.74) is 0.140. The fraction of sp³-hybridized carbons (Fsp3) is 0.429. The van der Waals surface area contributed by atoms with Crippen molar-refractivity contribution in [2.75, 3.05) is 5.32 Å². The Labute approximate surface area is 175 Å². The Morgan fingerprint density at radius 3 is 2.47 bits per heavy atom. The number of hydrogen-bond acceptors (Lipinski definition) is 6. The lowest BCUT2D eigenvalue weighted by Gasteiger charge is -2.23. The molecule has 2 N–H and O–H groups in total. The normalized spacial score (nSPS) is 12.0. The molecule has 0 radical (unpaired) electrons. The van der Waals surface area contributed by atoms with E-state index in [0.29, 0.717) is 5.95 Å². The average Bonchev–Trinajstić information content (AvgIpc) is 3.07. The molecule has 1 aromatic carbocycles. The Balaban J connectivity index is 1.95. The van der Waals surface area contributed by atoms with Crippen LogP contribution in [0.3, 0.4) is 0 Å². The Hall–Kier alpha value is -3.36. The van der Waals surface area contributed by atoms with Crippen LogP contribution in [0, 0.1) is 0 Å². The number of aryl methyl sites for hydroxylation is 1. The van der Waals surface area contributed by atoms with Crippen LogP contribution in [0.1, 0.15) is 39.2 Å². The Morgan fingerprint density at radius 2 is 1.87 bits per heavy atom. The van der Waals surface area contributed by atoms with Gasteiger partial charge in [-0.25, -0.2) is 9.78 Å². The van der Waals surface area contributed by atoms with Crippen molar-refractivity contribution < 1.29 is 23.9 Å². The zero-order valence-corrected chi connectivity index (χ0v) is 17.7. The molecule has 0 unspecified atom stereocenters. The Bertz CT molecular complexity index is 858. The zero-order chi connectivity index (χ0) is 22.1. The van der Waals surface area contributed by atoms with Crippen molar-refractivity contribution in [2.24, 2.45) is 7.05 Å². The van der Waals surface area contributed by atoms with Gasteiger partial charge in [-0.05, 0) is 32.8 Å². The predicted molar refractivity (Wildman–Crippen MR) is 110 cm³/mol. The van der Waals surface area contributed by atoms with Crippen LogP contribution < -0.4 is 10.6 Å². The SMILES string of the molecule is Cn1ccnc1NC(=O)[C@H](CCC(=O)OCc1ccccc1)NC(=O)OC(C)(C)C. The number of hydrogen-bond donors (Lipinski definition) is 2. The summed E-state index contributed by atoms with van der Waals surface area (Å²) in [6.07, 6.45) is 2.45. The first kappa shape index (κ1) is 22.9. The number of imidazole rings is 1. The van der Waals surface area contributed by atoms with E-state index in [2.05, 4.69) is 15.6 Å². The summed E-state index contributed by atoms with van der Waals surface area (Å²) in [6.45, 7) is 5.30. The molecule has 1 aromatic heterocycles. The second-order valence-corrected chi connectivity index (χ2v) is 7.73. The molecule has 30 heavy (non-hydrogen) atoms. The minimum absolute atomic E-state index is 0.0448. The number of ether oxygens (including phenoxy) is 2. The highest BCUT2D eigenvalue weighted by atomic mass is 16.6. The minimum atomic E-state index is -0.999. The standard InChI is InChI=1S/C21H28N4O5/c1-21(2,3)30-20(28)23-16(18(27)24-19-22-12-13-25(19)4)10-11-17(26)29-14-15-8-6-5-7-9-15/h5-9,12-13,16H,10-11,14H2,1-4H3,(H,23,28)(H,22,24,27)/t16-/m0/s1. The summed E-state index contributed by atoms with van der Waals surface area (Å²) in [5, 5.41) is 5.15. The van der Waals surface area contributed by atoms with Gasteiger partial charge in [0.2, 0.25) is 11.9 Å². The molecule has 0 aliphatic carbocycles. The van der Waals surface area contributed by atoms with Gasteiger partial charge in [-0.15, -0.1) is 0 Å². The summed E-state index contributed by atoms with van der Waals surface area (Å²) in [6, 6.07) is 8.28. The molecule has 0 saturated heterocycles. The molecular weight excluding hydrogens is 388 g/mol. The first-order valence-corrected chi connectivity index (χ1v) is 9.61. The van der Waals surface area contributed by atoms with Gasteiger partial charge in [0.1, 0.15) is 18.2 Å². The lowest BCUT2D eigenvalue weighted by atomic mass is 10.1. The molecule has 0 saturated carbocycles. The second kappa shape index (κ2) is 10.4. The second-order valence-electron chi connectivity index (χ2n) is 7.73. The number of alkyl carbamates (subject to hydrolysis) is 1. The van der Waals surface area contributed by atoms with Crippen LogP contribution in [0.15, 0.2) is 42.7 Å². The number of amides is 2. The van der Waals surface area contributed by atoms with E-state index < -0.39 is 29.6 Å². The first-order valence-electron chi connectivity index (χ1n) is 9.61. The molecule has 1 atom stereocenters. The number of anilines is 1. The first-order chi connectivity index (χ1) is 14.1. The Kier molecular flexibility index (Phi) is 7.97. The summed E-state index contributed by atoms with van der Waals surface area (Å²) in [5.74, 6) is -0.659. The number of benzene rings is 1. The zero-order valence-electron chi connectivity index (χ0n) is 17.7. The quantitative estimate of drug-likeness (QED) is 0.640. The van der Waals surface area contributed by atoms with E-state index >= 15 is 0 Å². The lowest BCUT2D eigenvalue weighted by molar-refractivity contribution is -0.145. The highest BCUT2D eigenvalue weighted by Crippen LogP contribution is 2.10. The van der Waals surface area contributed by atoms with Crippen molar-refractivity contribution in [1.82, 2.24) is 14.9 Å². The smallest absolute Gasteiger partial charge is 0.408 e. The van der Waals surface area contributed by atoms with E-state index in [4.69, 9.17) is 9.47 Å². The van der Waals surface area contributed by atoms with Crippen LogP contribution in [0.25, 0.3) is 0 Å². The molecule has 1 heterocycles. The summed E-state index contributed by atoms with van der Waals surface area (Å²) >= 11 is 0. The van der Waals surface area contributed by atoms with Gasteiger partial charge in [-0.1, -0.05) is 30.3 Å². The molecule has 9 nitrogen and oxygen atoms in total. The van der Waals surface area contributed by atoms with Gasteiger partial charge in [0.05, 0.1) is 0 Å². The highest BCUT2D eigenvalue weighted by molar-refractivity contribution is 5.95. The van der Waals surface area contributed by atoms with Crippen LogP contribution in [0.4, 0.5) is 10.7 Å². The van der Waals surface area contributed by atoms with Gasteiger partial charge in [0, 0.05) is 25.9 Å². The van der Waals surface area contributed by atoms with Crippen molar-refractivity contribution in [3.05, 3.63) is 48.3 Å². The highest BCUT2D eigenvalue weighted by Gasteiger charge is 2.26. The van der Waals surface area contributed by atoms with E-state index in [1.807, 2.05) is 30.3 Å². The predicted octanol–water partition coefficient (Wildman–Crippen LogP) is 2.78. The largest absolute Gasteiger partial charge is 0.461 e. The van der Waals surface area contributed by atoms with Gasteiger partial charge in [-0.2, -0.15) is 0 Å². The summed E-state index contributed by atoms with van der Waals surface area (Å²) in [7, 11) is 1.72. The number of carbonyl (C=O) groups excluding carboxylic acids is 3. The number of esters is 1. The maximum Gasteiger partial charge on any atom is 0.408 e. The van der Waals surface area contributed by atoms with E-state index in [0.717, 1.165) is 5.56 Å². The average molecular weight is 416 g/mol. The summed E-state index contributed by atoms with van der Waals surface area (Å²) < 4.78 is 12.1. The van der Waals surface area contributed by atoms with E-state index in [-0.39, 0.29) is 19.4 Å². The molecule has 2 amide bonds. The maximum atomic E-state index is 12.7. The van der Waals surface area contributed by atoms with Gasteiger partial charge in [0.15, 0.2) is 0 Å². The summed E-state index contributed by atoms with van der Waals surface area (Å²) in [4.78, 5) is 41.0. The van der Waals surface area contributed by atoms with Crippen molar-refractivity contribution in [2.45, 2.75) is 51.9 Å². The van der Waals surface area contributed by atoms with Crippen LogP contribution in [0.5, 0.6) is 0 Å². The lowest BCUT2D eigenvalue weighted by Crippen LogP contribution is -2.46. The number of carbonyl (C=O) groups is 3. The molecule has 0 aliphatic heterocycles. The van der Waals surface area contributed by atoms with E-state index in [1.165, 1.54) is 6.20 Å². The van der Waals surface area contributed by atoms with E-state index in [9.17, 15) is 14.4 Å². The molecule has 0 fully saturated rings. The van der Waals surface area contributed by atoms with Gasteiger partial charge < -0.3 is 19.4 Å². The topological polar surface area (TPSA) is 112 Å². The molecule has 0 bridgehead atoms. The third kappa shape index (κ3) is 7.94. The van der Waals surface area contributed by atoms with Crippen LogP contribution in [-0.4, -0.2) is 39.2 Å². The number of nitrogens with zero attached hydrogens (tertiary/aromatic N) is 2.